The summed E-state index contributed by atoms with van der Waals surface area (Å²) in [7, 11) is 0. The Hall–Kier alpha value is -2.62. The van der Waals surface area contributed by atoms with Gasteiger partial charge in [0.1, 0.15) is 0 Å². The van der Waals surface area contributed by atoms with Crippen LogP contribution in [0.4, 0.5) is 5.69 Å². The third-order valence-electron chi connectivity index (χ3n) is 5.77. The molecule has 5 rings (SSSR count). The SMILES string of the molecule is O=C(c1ccc(Cl)cc1)c1cc2c3c(c1)C(c1cccc(Cl)c1)CC(=O)N3CC2. The third-order valence-corrected chi connectivity index (χ3v) is 6.25. The molecule has 29 heavy (non-hydrogen) atoms. The molecular formula is C24H17Cl2NO2. The van der Waals surface area contributed by atoms with Gasteiger partial charge in [0.15, 0.2) is 5.78 Å². The molecule has 144 valence electrons. The van der Waals surface area contributed by atoms with E-state index in [1.165, 1.54) is 0 Å². The fourth-order valence-corrected chi connectivity index (χ4v) is 4.74. The first-order valence-electron chi connectivity index (χ1n) is 9.54. The van der Waals surface area contributed by atoms with E-state index >= 15 is 0 Å². The smallest absolute Gasteiger partial charge is 0.227 e. The predicted octanol–water partition coefficient (Wildman–Crippen LogP) is 5.65. The van der Waals surface area contributed by atoms with Crippen molar-refractivity contribution in [3.8, 4) is 0 Å². The molecule has 3 aromatic rings. The van der Waals surface area contributed by atoms with E-state index in [0.717, 1.165) is 28.8 Å². The number of hydrogen-bond donors (Lipinski definition) is 0. The first-order chi connectivity index (χ1) is 14.0. The van der Waals surface area contributed by atoms with Crippen molar-refractivity contribution in [1.82, 2.24) is 0 Å². The Labute approximate surface area is 178 Å². The van der Waals surface area contributed by atoms with Gasteiger partial charge in [0.25, 0.3) is 0 Å². The van der Waals surface area contributed by atoms with Crippen molar-refractivity contribution < 1.29 is 9.59 Å². The van der Waals surface area contributed by atoms with E-state index in [1.807, 2.05) is 41.3 Å². The van der Waals surface area contributed by atoms with Crippen molar-refractivity contribution in [3.05, 3.63) is 98.5 Å². The molecule has 0 bridgehead atoms. The molecule has 2 aliphatic rings. The van der Waals surface area contributed by atoms with Crippen LogP contribution in [0.3, 0.4) is 0 Å². The number of halogens is 2. The standard InChI is InChI=1S/C24H17Cl2NO2/c25-18-6-4-14(5-7-18)24(29)17-10-16-8-9-27-22(28)13-20(21(12-17)23(16)27)15-2-1-3-19(26)11-15/h1-7,10-12,20H,8-9,13H2. The zero-order valence-corrected chi connectivity index (χ0v) is 17.0. The molecule has 0 saturated heterocycles. The fraction of sp³-hybridized carbons (Fsp3) is 0.167. The number of benzene rings is 3. The van der Waals surface area contributed by atoms with Crippen molar-refractivity contribution in [2.45, 2.75) is 18.8 Å². The molecule has 2 aliphatic heterocycles. The molecule has 2 heterocycles. The van der Waals surface area contributed by atoms with E-state index in [2.05, 4.69) is 0 Å². The molecule has 0 spiro atoms. The molecule has 0 saturated carbocycles. The Morgan fingerprint density at radius 1 is 0.931 bits per heavy atom. The number of rotatable bonds is 3. The molecule has 0 aromatic heterocycles. The quantitative estimate of drug-likeness (QED) is 0.512. The van der Waals surface area contributed by atoms with E-state index < -0.39 is 0 Å². The van der Waals surface area contributed by atoms with Gasteiger partial charge in [-0.3, -0.25) is 9.59 Å². The summed E-state index contributed by atoms with van der Waals surface area (Å²) in [5.74, 6) is -0.0267. The van der Waals surface area contributed by atoms with Gasteiger partial charge in [0.05, 0.1) is 5.69 Å². The van der Waals surface area contributed by atoms with Crippen molar-refractivity contribution in [2.75, 3.05) is 11.4 Å². The summed E-state index contributed by atoms with van der Waals surface area (Å²) in [6.45, 7) is 0.669. The Kier molecular flexibility index (Phi) is 4.45. The Morgan fingerprint density at radius 2 is 1.72 bits per heavy atom. The fourth-order valence-electron chi connectivity index (χ4n) is 4.41. The Morgan fingerprint density at radius 3 is 2.48 bits per heavy atom. The molecule has 1 amide bonds. The minimum absolute atomic E-state index is 0.0408. The minimum atomic E-state index is -0.109. The summed E-state index contributed by atoms with van der Waals surface area (Å²) in [6.07, 6.45) is 1.14. The number of carbonyl (C=O) groups is 2. The van der Waals surface area contributed by atoms with Crippen LogP contribution in [-0.2, 0) is 11.2 Å². The number of amides is 1. The highest BCUT2D eigenvalue weighted by Gasteiger charge is 2.37. The maximum Gasteiger partial charge on any atom is 0.227 e. The molecule has 3 aromatic carbocycles. The lowest BCUT2D eigenvalue weighted by atomic mass is 9.82. The lowest BCUT2D eigenvalue weighted by molar-refractivity contribution is -0.119. The van der Waals surface area contributed by atoms with E-state index in [1.54, 1.807) is 24.3 Å². The van der Waals surface area contributed by atoms with Crippen LogP contribution in [0.1, 0.15) is 45.0 Å². The van der Waals surface area contributed by atoms with E-state index in [9.17, 15) is 9.59 Å². The zero-order valence-electron chi connectivity index (χ0n) is 15.5. The Balaban J connectivity index is 1.65. The van der Waals surface area contributed by atoms with Gasteiger partial charge in [0.2, 0.25) is 5.91 Å². The summed E-state index contributed by atoms with van der Waals surface area (Å²) in [5.41, 5.74) is 5.29. The van der Waals surface area contributed by atoms with E-state index in [-0.39, 0.29) is 17.6 Å². The molecule has 0 N–H and O–H groups in total. The number of anilines is 1. The molecule has 3 nitrogen and oxygen atoms in total. The van der Waals surface area contributed by atoms with Crippen molar-refractivity contribution in [1.29, 1.82) is 0 Å². The largest absolute Gasteiger partial charge is 0.311 e. The van der Waals surface area contributed by atoms with Gasteiger partial charge in [-0.05, 0) is 71.6 Å². The van der Waals surface area contributed by atoms with Gasteiger partial charge in [-0.1, -0.05) is 35.3 Å². The highest BCUT2D eigenvalue weighted by Crippen LogP contribution is 2.45. The molecular weight excluding hydrogens is 405 g/mol. The van der Waals surface area contributed by atoms with Crippen LogP contribution in [0.25, 0.3) is 0 Å². The van der Waals surface area contributed by atoms with Crippen molar-refractivity contribution in [2.24, 2.45) is 0 Å². The first kappa shape index (κ1) is 18.4. The lowest BCUT2D eigenvalue weighted by Gasteiger charge is -2.32. The third kappa shape index (κ3) is 3.15. The van der Waals surface area contributed by atoms with Crippen LogP contribution in [0, 0.1) is 0 Å². The zero-order chi connectivity index (χ0) is 20.1. The number of carbonyl (C=O) groups excluding carboxylic acids is 2. The molecule has 0 radical (unpaired) electrons. The average molecular weight is 422 g/mol. The van der Waals surface area contributed by atoms with Gasteiger partial charge in [-0.15, -0.1) is 0 Å². The van der Waals surface area contributed by atoms with Crippen molar-refractivity contribution in [3.63, 3.8) is 0 Å². The van der Waals surface area contributed by atoms with Crippen LogP contribution < -0.4 is 4.90 Å². The highest BCUT2D eigenvalue weighted by molar-refractivity contribution is 6.31. The molecule has 0 aliphatic carbocycles. The Bertz CT molecular complexity index is 1150. The van der Waals surface area contributed by atoms with E-state index in [0.29, 0.717) is 34.1 Å². The molecule has 5 heteroatoms. The molecule has 0 fully saturated rings. The molecule has 1 unspecified atom stereocenters. The van der Waals surface area contributed by atoms with E-state index in [4.69, 9.17) is 23.2 Å². The van der Waals surface area contributed by atoms with Crippen LogP contribution >= 0.6 is 23.2 Å². The second-order valence-electron chi connectivity index (χ2n) is 7.52. The molecule has 1 atom stereocenters. The number of nitrogens with zero attached hydrogens (tertiary/aromatic N) is 1. The summed E-state index contributed by atoms with van der Waals surface area (Å²) < 4.78 is 0. The minimum Gasteiger partial charge on any atom is -0.311 e. The van der Waals surface area contributed by atoms with Gasteiger partial charge in [0, 0.05) is 40.1 Å². The van der Waals surface area contributed by atoms with Crippen LogP contribution in [0.2, 0.25) is 10.0 Å². The van der Waals surface area contributed by atoms with Gasteiger partial charge >= 0.3 is 0 Å². The first-order valence-corrected chi connectivity index (χ1v) is 10.3. The van der Waals surface area contributed by atoms with Gasteiger partial charge in [-0.2, -0.15) is 0 Å². The second-order valence-corrected chi connectivity index (χ2v) is 8.39. The van der Waals surface area contributed by atoms with Crippen LogP contribution in [0.5, 0.6) is 0 Å². The summed E-state index contributed by atoms with van der Waals surface area (Å²) in [6, 6.07) is 18.4. The van der Waals surface area contributed by atoms with Crippen molar-refractivity contribution >= 4 is 40.6 Å². The predicted molar refractivity (Wildman–Crippen MR) is 115 cm³/mol. The summed E-state index contributed by atoms with van der Waals surface area (Å²) in [5, 5.41) is 1.24. The average Bonchev–Trinajstić information content (AvgIpc) is 3.16. The summed E-state index contributed by atoms with van der Waals surface area (Å²) >= 11 is 12.2. The van der Waals surface area contributed by atoms with Gasteiger partial charge < -0.3 is 4.90 Å². The highest BCUT2D eigenvalue weighted by atomic mass is 35.5. The normalized spacial score (nSPS) is 17.4. The maximum atomic E-state index is 13.1. The lowest BCUT2D eigenvalue weighted by Crippen LogP contribution is -2.35. The second kappa shape index (κ2) is 7.01. The van der Waals surface area contributed by atoms with Crippen LogP contribution in [0.15, 0.2) is 60.7 Å². The van der Waals surface area contributed by atoms with Crippen LogP contribution in [-0.4, -0.2) is 18.2 Å². The van der Waals surface area contributed by atoms with Gasteiger partial charge in [-0.25, -0.2) is 0 Å². The topological polar surface area (TPSA) is 37.4 Å². The summed E-state index contributed by atoms with van der Waals surface area (Å²) in [4.78, 5) is 27.8. The number of hydrogen-bond acceptors (Lipinski definition) is 2. The number of ketones is 1. The maximum absolute atomic E-state index is 13.1. The monoisotopic (exact) mass is 421 g/mol.